The van der Waals surface area contributed by atoms with Crippen molar-refractivity contribution in [2.45, 2.75) is 58.0 Å². The maximum absolute atomic E-state index is 11.9. The second kappa shape index (κ2) is 6.73. The first kappa shape index (κ1) is 15.0. The summed E-state index contributed by atoms with van der Waals surface area (Å²) in [6, 6.07) is -0.539. The lowest BCUT2D eigenvalue weighted by molar-refractivity contribution is -0.143. The zero-order chi connectivity index (χ0) is 13.7. The van der Waals surface area contributed by atoms with Crippen LogP contribution >= 0.6 is 0 Å². The van der Waals surface area contributed by atoms with Crippen LogP contribution in [0.3, 0.4) is 0 Å². The van der Waals surface area contributed by atoms with E-state index in [0.717, 1.165) is 19.3 Å². The lowest BCUT2D eigenvalue weighted by atomic mass is 9.85. The molecule has 18 heavy (non-hydrogen) atoms. The first-order valence-electron chi connectivity index (χ1n) is 6.74. The first-order chi connectivity index (χ1) is 8.45. The fraction of sp³-hybridized carbons (Fsp3) is 0.846. The van der Waals surface area contributed by atoms with Crippen LogP contribution in [0.2, 0.25) is 0 Å². The fourth-order valence-electron chi connectivity index (χ4n) is 2.35. The number of carbonyl (C=O) groups excluding carboxylic acids is 1. The summed E-state index contributed by atoms with van der Waals surface area (Å²) in [7, 11) is 0. The molecule has 0 saturated heterocycles. The molecule has 0 aromatic rings. The maximum Gasteiger partial charge on any atom is 0.306 e. The number of amides is 1. The van der Waals surface area contributed by atoms with Crippen molar-refractivity contribution in [3.63, 3.8) is 0 Å². The summed E-state index contributed by atoms with van der Waals surface area (Å²) in [5, 5.41) is 11.9. The van der Waals surface area contributed by atoms with E-state index in [1.165, 1.54) is 0 Å². The van der Waals surface area contributed by atoms with Crippen LogP contribution in [0.1, 0.15) is 46.0 Å². The Morgan fingerprint density at radius 1 is 1.44 bits per heavy atom. The molecule has 104 valence electrons. The van der Waals surface area contributed by atoms with Crippen LogP contribution in [0, 0.1) is 11.8 Å². The third-order valence-corrected chi connectivity index (χ3v) is 3.93. The van der Waals surface area contributed by atoms with Gasteiger partial charge >= 0.3 is 5.97 Å². The fourth-order valence-corrected chi connectivity index (χ4v) is 2.35. The number of carboxylic acid groups (broad SMARTS) is 1. The van der Waals surface area contributed by atoms with Gasteiger partial charge in [-0.3, -0.25) is 9.59 Å². The lowest BCUT2D eigenvalue weighted by Gasteiger charge is -2.29. The van der Waals surface area contributed by atoms with Gasteiger partial charge in [-0.2, -0.15) is 0 Å². The molecule has 5 heteroatoms. The molecule has 1 aliphatic rings. The zero-order valence-corrected chi connectivity index (χ0v) is 11.2. The van der Waals surface area contributed by atoms with Crippen LogP contribution in [-0.2, 0) is 9.59 Å². The van der Waals surface area contributed by atoms with Gasteiger partial charge in [0.15, 0.2) is 0 Å². The normalized spacial score (nSPS) is 27.3. The Hall–Kier alpha value is -1.10. The van der Waals surface area contributed by atoms with Crippen molar-refractivity contribution in [2.75, 3.05) is 0 Å². The smallest absolute Gasteiger partial charge is 0.306 e. The summed E-state index contributed by atoms with van der Waals surface area (Å²) >= 11 is 0. The number of rotatable bonds is 5. The van der Waals surface area contributed by atoms with E-state index >= 15 is 0 Å². The Kier molecular flexibility index (Phi) is 5.59. The number of carbonyl (C=O) groups is 2. The molecule has 0 aromatic heterocycles. The van der Waals surface area contributed by atoms with E-state index in [-0.39, 0.29) is 23.8 Å². The number of nitrogens with two attached hydrogens (primary N) is 1. The molecular formula is C13H24N2O3. The van der Waals surface area contributed by atoms with Gasteiger partial charge in [0.1, 0.15) is 0 Å². The van der Waals surface area contributed by atoms with Gasteiger partial charge in [-0.15, -0.1) is 0 Å². The van der Waals surface area contributed by atoms with Crippen molar-refractivity contribution in [2.24, 2.45) is 17.6 Å². The minimum absolute atomic E-state index is 0.0394. The molecule has 0 radical (unpaired) electrons. The molecule has 0 aliphatic heterocycles. The number of hydrogen-bond donors (Lipinski definition) is 3. The third-order valence-electron chi connectivity index (χ3n) is 3.93. The van der Waals surface area contributed by atoms with E-state index in [4.69, 9.17) is 10.8 Å². The second-order valence-electron chi connectivity index (χ2n) is 5.32. The summed E-state index contributed by atoms with van der Waals surface area (Å²) in [4.78, 5) is 22.8. The van der Waals surface area contributed by atoms with Crippen molar-refractivity contribution >= 4 is 11.9 Å². The molecule has 0 aromatic carbocycles. The van der Waals surface area contributed by atoms with E-state index in [0.29, 0.717) is 12.8 Å². The van der Waals surface area contributed by atoms with Gasteiger partial charge in [0.25, 0.3) is 0 Å². The average Bonchev–Trinajstić information content (AvgIpc) is 2.37. The minimum Gasteiger partial charge on any atom is -0.481 e. The molecule has 1 rings (SSSR count). The highest BCUT2D eigenvalue weighted by Gasteiger charge is 2.29. The molecular weight excluding hydrogens is 232 g/mol. The molecule has 1 aliphatic carbocycles. The minimum atomic E-state index is -0.764. The number of carboxylic acids is 1. The monoisotopic (exact) mass is 256 g/mol. The van der Waals surface area contributed by atoms with Crippen molar-refractivity contribution in [3.05, 3.63) is 0 Å². The Balaban J connectivity index is 2.46. The van der Waals surface area contributed by atoms with Gasteiger partial charge in [-0.05, 0) is 25.2 Å². The summed E-state index contributed by atoms with van der Waals surface area (Å²) in [5.41, 5.74) is 5.85. The second-order valence-corrected chi connectivity index (χ2v) is 5.32. The summed E-state index contributed by atoms with van der Waals surface area (Å²) < 4.78 is 0. The Morgan fingerprint density at radius 3 is 2.67 bits per heavy atom. The summed E-state index contributed by atoms with van der Waals surface area (Å²) in [6.07, 6.45) is 3.79. The quantitative estimate of drug-likeness (QED) is 0.687. The molecule has 0 spiro atoms. The van der Waals surface area contributed by atoms with Crippen LogP contribution in [0.5, 0.6) is 0 Å². The van der Waals surface area contributed by atoms with E-state index in [1.807, 2.05) is 13.8 Å². The highest BCUT2D eigenvalue weighted by atomic mass is 16.4. The van der Waals surface area contributed by atoms with Crippen LogP contribution in [0.25, 0.3) is 0 Å². The number of aliphatic carboxylic acids is 1. The van der Waals surface area contributed by atoms with Gasteiger partial charge in [-0.1, -0.05) is 26.7 Å². The summed E-state index contributed by atoms with van der Waals surface area (Å²) in [5.74, 6) is -1.10. The van der Waals surface area contributed by atoms with Crippen LogP contribution in [0.4, 0.5) is 0 Å². The van der Waals surface area contributed by atoms with E-state index in [2.05, 4.69) is 5.32 Å². The van der Waals surface area contributed by atoms with Crippen molar-refractivity contribution < 1.29 is 14.7 Å². The van der Waals surface area contributed by atoms with Gasteiger partial charge in [0.2, 0.25) is 5.91 Å². The van der Waals surface area contributed by atoms with Crippen LogP contribution < -0.4 is 11.1 Å². The average molecular weight is 256 g/mol. The van der Waals surface area contributed by atoms with E-state index < -0.39 is 12.0 Å². The zero-order valence-electron chi connectivity index (χ0n) is 11.2. The molecule has 1 fully saturated rings. The van der Waals surface area contributed by atoms with Crippen molar-refractivity contribution in [3.8, 4) is 0 Å². The van der Waals surface area contributed by atoms with E-state index in [1.54, 1.807) is 0 Å². The highest BCUT2D eigenvalue weighted by molar-refractivity contribution is 5.82. The third kappa shape index (κ3) is 3.98. The van der Waals surface area contributed by atoms with Crippen molar-refractivity contribution in [1.29, 1.82) is 0 Å². The molecule has 0 heterocycles. The number of hydrogen-bond acceptors (Lipinski definition) is 3. The predicted octanol–water partition coefficient (Wildman–Crippen LogP) is 1.12. The van der Waals surface area contributed by atoms with Crippen LogP contribution in [-0.4, -0.2) is 29.1 Å². The molecule has 0 bridgehead atoms. The Morgan fingerprint density at radius 2 is 2.11 bits per heavy atom. The maximum atomic E-state index is 11.9. The molecule has 3 unspecified atom stereocenters. The Bertz CT molecular complexity index is 307. The topological polar surface area (TPSA) is 92.4 Å². The van der Waals surface area contributed by atoms with Crippen LogP contribution in [0.15, 0.2) is 0 Å². The molecule has 4 N–H and O–H groups in total. The van der Waals surface area contributed by atoms with E-state index in [9.17, 15) is 9.59 Å². The molecule has 4 atom stereocenters. The number of nitrogens with one attached hydrogen (secondary N) is 1. The van der Waals surface area contributed by atoms with Gasteiger partial charge in [-0.25, -0.2) is 0 Å². The highest BCUT2D eigenvalue weighted by Crippen LogP contribution is 2.24. The Labute approximate surface area is 108 Å². The standard InChI is InChI=1S/C13H24N2O3/c1-3-8(2)11(14)12(16)15-10-6-4-5-9(7-10)13(17)18/h8-11H,3-7,14H2,1-2H3,(H,15,16)(H,17,18)/t8?,9?,10?,11-/m0/s1. The molecule has 1 saturated carbocycles. The van der Waals surface area contributed by atoms with Crippen molar-refractivity contribution in [1.82, 2.24) is 5.32 Å². The van der Waals surface area contributed by atoms with Gasteiger partial charge in [0, 0.05) is 6.04 Å². The van der Waals surface area contributed by atoms with Gasteiger partial charge in [0.05, 0.1) is 12.0 Å². The lowest BCUT2D eigenvalue weighted by Crippen LogP contribution is -2.49. The molecule has 1 amide bonds. The SMILES string of the molecule is CCC(C)[C@H](N)C(=O)NC1CCCC(C(=O)O)C1. The van der Waals surface area contributed by atoms with Gasteiger partial charge < -0.3 is 16.2 Å². The predicted molar refractivity (Wildman–Crippen MR) is 69.0 cm³/mol. The summed E-state index contributed by atoms with van der Waals surface area (Å²) in [6.45, 7) is 3.95. The first-order valence-corrected chi connectivity index (χ1v) is 6.74. The molecule has 5 nitrogen and oxygen atoms in total. The largest absolute Gasteiger partial charge is 0.481 e.